The Bertz CT molecular complexity index is 445. The quantitative estimate of drug-likeness (QED) is 0.738. The summed E-state index contributed by atoms with van der Waals surface area (Å²) in [6, 6.07) is 7.85. The molecule has 0 spiro atoms. The molecule has 2 aromatic rings. The molecule has 0 atom stereocenters. The molecule has 0 aliphatic carbocycles. The molecule has 4 nitrogen and oxygen atoms in total. The molecule has 1 heterocycles. The molecule has 1 aromatic carbocycles. The van der Waals surface area contributed by atoms with Gasteiger partial charge in [-0.25, -0.2) is 9.97 Å². The van der Waals surface area contributed by atoms with Gasteiger partial charge in [0.15, 0.2) is 0 Å². The molecule has 2 rings (SSSR count). The zero-order chi connectivity index (χ0) is 10.5. The lowest BCUT2D eigenvalue weighted by Crippen LogP contribution is -2.06. The fourth-order valence-corrected chi connectivity index (χ4v) is 1.34. The third-order valence-electron chi connectivity index (χ3n) is 2.11. The summed E-state index contributed by atoms with van der Waals surface area (Å²) in [5.41, 5.74) is 0.930. The third kappa shape index (κ3) is 2.41. The zero-order valence-corrected chi connectivity index (χ0v) is 8.35. The number of fused-ring (bicyclic) bond motifs is 1. The van der Waals surface area contributed by atoms with Crippen LogP contribution in [0.5, 0.6) is 0 Å². The highest BCUT2D eigenvalue weighted by Gasteiger charge is 1.97. The minimum absolute atomic E-state index is 0.181. The van der Waals surface area contributed by atoms with Crippen molar-refractivity contribution in [1.82, 2.24) is 9.97 Å². The van der Waals surface area contributed by atoms with Gasteiger partial charge < -0.3 is 10.4 Å². The summed E-state index contributed by atoms with van der Waals surface area (Å²) in [5, 5.41) is 12.7. The molecular formula is C11H13N3O. The number of aromatic nitrogens is 2. The van der Waals surface area contributed by atoms with E-state index in [9.17, 15) is 0 Å². The second-order valence-corrected chi connectivity index (χ2v) is 3.26. The smallest absolute Gasteiger partial charge is 0.223 e. The fourth-order valence-electron chi connectivity index (χ4n) is 1.34. The molecule has 0 saturated heterocycles. The molecule has 0 saturated carbocycles. The van der Waals surface area contributed by atoms with Crippen molar-refractivity contribution < 1.29 is 5.11 Å². The van der Waals surface area contributed by atoms with Gasteiger partial charge in [0.2, 0.25) is 5.95 Å². The highest BCUT2D eigenvalue weighted by atomic mass is 16.3. The van der Waals surface area contributed by atoms with Crippen LogP contribution in [0, 0.1) is 0 Å². The van der Waals surface area contributed by atoms with E-state index >= 15 is 0 Å². The van der Waals surface area contributed by atoms with Crippen LogP contribution in [0.4, 0.5) is 5.95 Å². The summed E-state index contributed by atoms with van der Waals surface area (Å²) < 4.78 is 0. The minimum atomic E-state index is 0.181. The summed E-state index contributed by atoms with van der Waals surface area (Å²) in [7, 11) is 0. The number of hydrogen-bond donors (Lipinski definition) is 2. The van der Waals surface area contributed by atoms with Crippen molar-refractivity contribution in [1.29, 1.82) is 0 Å². The second kappa shape index (κ2) is 4.70. The van der Waals surface area contributed by atoms with Crippen LogP contribution < -0.4 is 5.32 Å². The lowest BCUT2D eigenvalue weighted by atomic mass is 10.2. The molecule has 0 amide bonds. The minimum Gasteiger partial charge on any atom is -0.396 e. The number of rotatable bonds is 4. The van der Waals surface area contributed by atoms with E-state index in [0.29, 0.717) is 18.9 Å². The first kappa shape index (κ1) is 9.86. The van der Waals surface area contributed by atoms with E-state index in [1.165, 1.54) is 0 Å². The number of anilines is 1. The van der Waals surface area contributed by atoms with Crippen LogP contribution in [0.1, 0.15) is 6.42 Å². The molecule has 78 valence electrons. The van der Waals surface area contributed by atoms with Gasteiger partial charge in [0.1, 0.15) is 0 Å². The number of benzene rings is 1. The van der Waals surface area contributed by atoms with Gasteiger partial charge in [0.05, 0.1) is 5.52 Å². The Kier molecular flexibility index (Phi) is 3.09. The maximum Gasteiger partial charge on any atom is 0.223 e. The number of para-hydroxylation sites is 1. The molecule has 0 bridgehead atoms. The molecule has 0 radical (unpaired) electrons. The lowest BCUT2D eigenvalue weighted by Gasteiger charge is -2.03. The molecule has 1 aromatic heterocycles. The normalized spacial score (nSPS) is 10.5. The standard InChI is InChI=1S/C11H13N3O/c15-7-3-6-12-11-13-8-9-4-1-2-5-10(9)14-11/h1-2,4-5,8,15H,3,6-7H2,(H,12,13,14). The fraction of sp³-hybridized carbons (Fsp3) is 0.273. The van der Waals surface area contributed by atoms with Gasteiger partial charge in [0.25, 0.3) is 0 Å². The van der Waals surface area contributed by atoms with Gasteiger partial charge in [0, 0.05) is 24.7 Å². The number of aliphatic hydroxyl groups excluding tert-OH is 1. The summed E-state index contributed by atoms with van der Waals surface area (Å²) in [6.07, 6.45) is 2.50. The second-order valence-electron chi connectivity index (χ2n) is 3.26. The van der Waals surface area contributed by atoms with E-state index in [1.54, 1.807) is 6.20 Å². The number of nitrogens with one attached hydrogen (secondary N) is 1. The van der Waals surface area contributed by atoms with Gasteiger partial charge in [-0.15, -0.1) is 0 Å². The van der Waals surface area contributed by atoms with Crippen LogP contribution in [-0.2, 0) is 0 Å². The van der Waals surface area contributed by atoms with Crippen LogP contribution in [0.15, 0.2) is 30.5 Å². The average molecular weight is 203 g/mol. The molecule has 0 fully saturated rings. The highest BCUT2D eigenvalue weighted by Crippen LogP contribution is 2.11. The summed E-state index contributed by atoms with van der Waals surface area (Å²) in [5.74, 6) is 0.613. The van der Waals surface area contributed by atoms with Gasteiger partial charge in [-0.3, -0.25) is 0 Å². The van der Waals surface area contributed by atoms with E-state index in [4.69, 9.17) is 5.11 Å². The van der Waals surface area contributed by atoms with Crippen LogP contribution in [0.3, 0.4) is 0 Å². The van der Waals surface area contributed by atoms with Crippen molar-refractivity contribution >= 4 is 16.9 Å². The topological polar surface area (TPSA) is 58.0 Å². The maximum atomic E-state index is 8.64. The molecule has 0 aliphatic rings. The number of nitrogens with zero attached hydrogens (tertiary/aromatic N) is 2. The average Bonchev–Trinajstić information content (AvgIpc) is 2.29. The Labute approximate surface area is 88.0 Å². The van der Waals surface area contributed by atoms with Gasteiger partial charge in [-0.1, -0.05) is 18.2 Å². The molecule has 0 aliphatic heterocycles. The Morgan fingerprint density at radius 1 is 1.27 bits per heavy atom. The largest absolute Gasteiger partial charge is 0.396 e. The van der Waals surface area contributed by atoms with Crippen molar-refractivity contribution in [3.8, 4) is 0 Å². The summed E-state index contributed by atoms with van der Waals surface area (Å²) in [6.45, 7) is 0.870. The van der Waals surface area contributed by atoms with Crippen LogP contribution in [0.2, 0.25) is 0 Å². The zero-order valence-electron chi connectivity index (χ0n) is 8.35. The first-order chi connectivity index (χ1) is 7.40. The number of aliphatic hydroxyl groups is 1. The van der Waals surface area contributed by atoms with Crippen LogP contribution in [0.25, 0.3) is 10.9 Å². The van der Waals surface area contributed by atoms with E-state index < -0.39 is 0 Å². The SMILES string of the molecule is OCCCNc1ncc2ccccc2n1. The Balaban J connectivity index is 2.16. The molecule has 2 N–H and O–H groups in total. The van der Waals surface area contributed by atoms with Crippen molar-refractivity contribution in [2.24, 2.45) is 0 Å². The van der Waals surface area contributed by atoms with Crippen molar-refractivity contribution in [3.63, 3.8) is 0 Å². The first-order valence-corrected chi connectivity index (χ1v) is 4.96. The maximum absolute atomic E-state index is 8.64. The van der Waals surface area contributed by atoms with Gasteiger partial charge in [-0.2, -0.15) is 0 Å². The van der Waals surface area contributed by atoms with Gasteiger partial charge in [-0.05, 0) is 12.5 Å². The summed E-state index contributed by atoms with van der Waals surface area (Å²) >= 11 is 0. The predicted octanol–water partition coefficient (Wildman–Crippen LogP) is 1.42. The van der Waals surface area contributed by atoms with Crippen LogP contribution in [-0.4, -0.2) is 28.2 Å². The predicted molar refractivity (Wildman–Crippen MR) is 59.7 cm³/mol. The van der Waals surface area contributed by atoms with Gasteiger partial charge >= 0.3 is 0 Å². The van der Waals surface area contributed by atoms with Crippen molar-refractivity contribution in [2.45, 2.75) is 6.42 Å². The Morgan fingerprint density at radius 2 is 2.13 bits per heavy atom. The Hall–Kier alpha value is -1.68. The van der Waals surface area contributed by atoms with E-state index in [0.717, 1.165) is 10.9 Å². The number of hydrogen-bond acceptors (Lipinski definition) is 4. The molecule has 15 heavy (non-hydrogen) atoms. The monoisotopic (exact) mass is 203 g/mol. The van der Waals surface area contributed by atoms with Crippen LogP contribution >= 0.6 is 0 Å². The first-order valence-electron chi connectivity index (χ1n) is 4.96. The van der Waals surface area contributed by atoms with E-state index in [1.807, 2.05) is 24.3 Å². The lowest BCUT2D eigenvalue weighted by molar-refractivity contribution is 0.292. The molecule has 0 unspecified atom stereocenters. The van der Waals surface area contributed by atoms with E-state index in [-0.39, 0.29) is 6.61 Å². The molecular weight excluding hydrogens is 190 g/mol. The molecule has 4 heteroatoms. The third-order valence-corrected chi connectivity index (χ3v) is 2.11. The Morgan fingerprint density at radius 3 is 3.00 bits per heavy atom. The highest BCUT2D eigenvalue weighted by molar-refractivity contribution is 5.78. The van der Waals surface area contributed by atoms with Crippen molar-refractivity contribution in [3.05, 3.63) is 30.5 Å². The van der Waals surface area contributed by atoms with E-state index in [2.05, 4.69) is 15.3 Å². The summed E-state index contributed by atoms with van der Waals surface area (Å²) in [4.78, 5) is 8.52. The van der Waals surface area contributed by atoms with Crippen molar-refractivity contribution in [2.75, 3.05) is 18.5 Å².